The van der Waals surface area contributed by atoms with Crippen molar-refractivity contribution in [3.8, 4) is 10.4 Å². The first-order chi connectivity index (χ1) is 19.7. The van der Waals surface area contributed by atoms with Crippen LogP contribution in [0.25, 0.3) is 10.4 Å². The molecule has 1 saturated heterocycles. The van der Waals surface area contributed by atoms with Crippen LogP contribution in [-0.4, -0.2) is 67.8 Å². The summed E-state index contributed by atoms with van der Waals surface area (Å²) < 4.78 is 28.6. The monoisotopic (exact) mass is 595 g/mol. The number of amides is 2. The van der Waals surface area contributed by atoms with Crippen LogP contribution in [0.5, 0.6) is 0 Å². The van der Waals surface area contributed by atoms with Crippen molar-refractivity contribution < 1.29 is 18.0 Å². The average molecular weight is 596 g/mol. The van der Waals surface area contributed by atoms with E-state index in [1.54, 1.807) is 15.9 Å². The Bertz CT molecular complexity index is 1630. The van der Waals surface area contributed by atoms with Crippen LogP contribution in [0, 0.1) is 12.8 Å². The van der Waals surface area contributed by atoms with Gasteiger partial charge in [-0.15, -0.1) is 0 Å². The summed E-state index contributed by atoms with van der Waals surface area (Å²) in [6.07, 6.45) is 3.02. The first-order valence-corrected chi connectivity index (χ1v) is 16.1. The van der Waals surface area contributed by atoms with E-state index in [2.05, 4.69) is 25.3 Å². The number of sulfonamides is 1. The second-order valence-electron chi connectivity index (χ2n) is 10.7. The van der Waals surface area contributed by atoms with E-state index in [4.69, 9.17) is 0 Å². The number of nitrogens with zero attached hydrogens (tertiary/aromatic N) is 4. The van der Waals surface area contributed by atoms with E-state index in [1.807, 2.05) is 38.1 Å². The summed E-state index contributed by atoms with van der Waals surface area (Å²) in [6.45, 7) is 5.96. The molecule has 0 unspecified atom stereocenters. The predicted octanol–water partition coefficient (Wildman–Crippen LogP) is 3.25. The van der Waals surface area contributed by atoms with Gasteiger partial charge in [0.2, 0.25) is 15.9 Å². The molecule has 2 aliphatic heterocycles. The fraction of sp³-hybridized carbons (Fsp3) is 0.429. The largest absolute Gasteiger partial charge is 0.331 e. The molecule has 1 atom stereocenters. The normalized spacial score (nSPS) is 18.4. The predicted molar refractivity (Wildman–Crippen MR) is 158 cm³/mol. The molecule has 41 heavy (non-hydrogen) atoms. The lowest BCUT2D eigenvalue weighted by atomic mass is 10.0. The Balaban J connectivity index is 1.32. The number of hydrogen-bond acceptors (Lipinski definition) is 9. The fourth-order valence-electron chi connectivity index (χ4n) is 5.55. The van der Waals surface area contributed by atoms with Gasteiger partial charge in [-0.3, -0.25) is 14.5 Å². The van der Waals surface area contributed by atoms with Crippen molar-refractivity contribution in [2.45, 2.75) is 50.6 Å². The van der Waals surface area contributed by atoms with Gasteiger partial charge in [0.25, 0.3) is 5.91 Å². The highest BCUT2D eigenvalue weighted by molar-refractivity contribution is 7.89. The lowest BCUT2D eigenvalue weighted by Gasteiger charge is -2.24. The molecule has 13 heteroatoms. The lowest BCUT2D eigenvalue weighted by molar-refractivity contribution is -0.117. The standard InChI is InChI=1S/C28H33N7O4S2/c1-16-26(40-28(31-16)33-22-6-4-7-23(32-22)34-11-5-10-30-14-24(34)36)19-12-20-15-35(17(2)18-8-9-18)27(37)25(20)21(13-19)41(38,39)29-3/h4,6-7,12-13,17-18,29-30H,5,8-11,14-15H2,1-3H3,(H,31,32,33)/t17-/m0/s1. The number of thiazole rings is 1. The third-order valence-electron chi connectivity index (χ3n) is 7.97. The minimum Gasteiger partial charge on any atom is -0.331 e. The van der Waals surface area contributed by atoms with Crippen molar-refractivity contribution in [2.75, 3.05) is 36.9 Å². The van der Waals surface area contributed by atoms with Crippen LogP contribution in [0.15, 0.2) is 35.2 Å². The summed E-state index contributed by atoms with van der Waals surface area (Å²) in [6, 6.07) is 9.04. The minimum atomic E-state index is -3.89. The summed E-state index contributed by atoms with van der Waals surface area (Å²) in [4.78, 5) is 39.6. The second kappa shape index (κ2) is 10.8. The van der Waals surface area contributed by atoms with E-state index in [-0.39, 0.29) is 34.9 Å². The summed E-state index contributed by atoms with van der Waals surface area (Å²) >= 11 is 1.38. The summed E-state index contributed by atoms with van der Waals surface area (Å²) in [7, 11) is -2.54. The number of anilines is 3. The lowest BCUT2D eigenvalue weighted by Crippen LogP contribution is -2.35. The van der Waals surface area contributed by atoms with Crippen LogP contribution in [0.3, 0.4) is 0 Å². The fourth-order valence-corrected chi connectivity index (χ4v) is 7.49. The van der Waals surface area contributed by atoms with Crippen molar-refractivity contribution >= 4 is 49.9 Å². The maximum atomic E-state index is 13.4. The highest BCUT2D eigenvalue weighted by Gasteiger charge is 2.41. The molecule has 1 aromatic carbocycles. The zero-order chi connectivity index (χ0) is 28.9. The third kappa shape index (κ3) is 5.34. The van der Waals surface area contributed by atoms with Crippen molar-refractivity contribution in [1.82, 2.24) is 24.9 Å². The Morgan fingerprint density at radius 3 is 2.73 bits per heavy atom. The molecule has 0 radical (unpaired) electrons. The molecule has 1 saturated carbocycles. The first kappa shape index (κ1) is 27.8. The maximum absolute atomic E-state index is 13.4. The molecule has 2 aromatic heterocycles. The number of pyridine rings is 1. The van der Waals surface area contributed by atoms with Gasteiger partial charge < -0.3 is 15.5 Å². The van der Waals surface area contributed by atoms with E-state index in [9.17, 15) is 18.0 Å². The van der Waals surface area contributed by atoms with E-state index in [1.165, 1.54) is 18.4 Å². The van der Waals surface area contributed by atoms with Gasteiger partial charge in [0, 0.05) is 19.1 Å². The molecule has 216 valence electrons. The SMILES string of the molecule is CNS(=O)(=O)c1cc(-c2sc(Nc3cccc(N4CCCNCC4=O)n3)nc2C)cc2c1C(=O)N([C@@H](C)C1CC1)C2. The number of carbonyl (C=O) groups excluding carboxylic acids is 2. The van der Waals surface area contributed by atoms with Crippen molar-refractivity contribution in [1.29, 1.82) is 0 Å². The number of carbonyl (C=O) groups is 2. The van der Waals surface area contributed by atoms with Crippen molar-refractivity contribution in [2.24, 2.45) is 5.92 Å². The van der Waals surface area contributed by atoms with Gasteiger partial charge in [-0.25, -0.2) is 23.1 Å². The molecule has 11 nitrogen and oxygen atoms in total. The molecule has 4 heterocycles. The van der Waals surface area contributed by atoms with E-state index < -0.39 is 10.0 Å². The van der Waals surface area contributed by atoms with Gasteiger partial charge >= 0.3 is 0 Å². The first-order valence-electron chi connectivity index (χ1n) is 13.8. The maximum Gasteiger partial charge on any atom is 0.256 e. The van der Waals surface area contributed by atoms with Crippen molar-refractivity contribution in [3.63, 3.8) is 0 Å². The Hall–Kier alpha value is -3.39. The molecule has 0 bridgehead atoms. The van der Waals surface area contributed by atoms with Crippen LogP contribution in [0.1, 0.15) is 47.8 Å². The van der Waals surface area contributed by atoms with Gasteiger partial charge in [-0.2, -0.15) is 0 Å². The van der Waals surface area contributed by atoms with Gasteiger partial charge in [0.05, 0.1) is 27.6 Å². The molecule has 3 N–H and O–H groups in total. The number of rotatable bonds is 8. The topological polar surface area (TPSA) is 137 Å². The molecule has 6 rings (SSSR count). The molecule has 0 spiro atoms. The Morgan fingerprint density at radius 1 is 1.17 bits per heavy atom. The number of benzene rings is 1. The summed E-state index contributed by atoms with van der Waals surface area (Å²) in [5.74, 6) is 1.35. The van der Waals surface area contributed by atoms with Crippen molar-refractivity contribution in [3.05, 3.63) is 47.2 Å². The summed E-state index contributed by atoms with van der Waals surface area (Å²) in [5, 5.41) is 6.96. The molecule has 3 aliphatic rings. The Kier molecular flexibility index (Phi) is 7.30. The van der Waals surface area contributed by atoms with Crippen LogP contribution in [-0.2, 0) is 21.4 Å². The average Bonchev–Trinajstić information content (AvgIpc) is 3.71. The van der Waals surface area contributed by atoms with E-state index in [0.717, 1.165) is 36.4 Å². The highest BCUT2D eigenvalue weighted by atomic mass is 32.2. The molecule has 2 fully saturated rings. The zero-order valence-electron chi connectivity index (χ0n) is 23.2. The highest BCUT2D eigenvalue weighted by Crippen LogP contribution is 2.42. The number of fused-ring (bicyclic) bond motifs is 1. The van der Waals surface area contributed by atoms with Gasteiger partial charge in [-0.05, 0) is 88.0 Å². The molecular weight excluding hydrogens is 562 g/mol. The number of aryl methyl sites for hydroxylation is 1. The Labute approximate surface area is 243 Å². The van der Waals surface area contributed by atoms with E-state index in [0.29, 0.717) is 46.9 Å². The van der Waals surface area contributed by atoms with Crippen LogP contribution in [0.4, 0.5) is 16.8 Å². The molecule has 3 aromatic rings. The number of hydrogen-bond donors (Lipinski definition) is 3. The van der Waals surface area contributed by atoms with Gasteiger partial charge in [0.15, 0.2) is 5.13 Å². The van der Waals surface area contributed by atoms with Crippen LogP contribution in [0.2, 0.25) is 0 Å². The van der Waals surface area contributed by atoms with E-state index >= 15 is 0 Å². The third-order valence-corrected chi connectivity index (χ3v) is 10.5. The smallest absolute Gasteiger partial charge is 0.256 e. The molecule has 2 amide bonds. The summed E-state index contributed by atoms with van der Waals surface area (Å²) in [5.41, 5.74) is 2.39. The number of aromatic nitrogens is 2. The minimum absolute atomic E-state index is 0.00344. The zero-order valence-corrected chi connectivity index (χ0v) is 24.9. The quantitative estimate of drug-likeness (QED) is 0.361. The second-order valence-corrected chi connectivity index (χ2v) is 13.6. The number of nitrogens with one attached hydrogen (secondary N) is 3. The Morgan fingerprint density at radius 2 is 1.98 bits per heavy atom. The van der Waals surface area contributed by atoms with Gasteiger partial charge in [-0.1, -0.05) is 17.4 Å². The van der Waals surface area contributed by atoms with Crippen LogP contribution < -0.4 is 20.3 Å². The molecular formula is C28H33N7O4S2. The molecule has 1 aliphatic carbocycles. The van der Waals surface area contributed by atoms with Gasteiger partial charge in [0.1, 0.15) is 11.6 Å². The van der Waals surface area contributed by atoms with Crippen LogP contribution >= 0.6 is 11.3 Å².